The fourth-order valence-electron chi connectivity index (χ4n) is 2.78. The van der Waals surface area contributed by atoms with E-state index in [9.17, 15) is 14.0 Å². The Hall–Kier alpha value is -3.42. The van der Waals surface area contributed by atoms with Gasteiger partial charge in [0.1, 0.15) is 18.2 Å². The van der Waals surface area contributed by atoms with Crippen molar-refractivity contribution in [2.24, 2.45) is 5.10 Å². The summed E-state index contributed by atoms with van der Waals surface area (Å²) >= 11 is 12.2. The summed E-state index contributed by atoms with van der Waals surface area (Å²) in [6, 6.07) is 18.0. The maximum absolute atomic E-state index is 13.6. The molecular weight excluding hydrogens is 468 g/mol. The Bertz CT molecular complexity index is 1170. The maximum Gasteiger partial charge on any atom is 0.254 e. The van der Waals surface area contributed by atoms with Crippen LogP contribution >= 0.6 is 23.2 Å². The van der Waals surface area contributed by atoms with Crippen LogP contribution in [0.4, 0.5) is 4.39 Å². The number of halogens is 3. The van der Waals surface area contributed by atoms with E-state index in [2.05, 4.69) is 15.8 Å². The standard InChI is InChI=1S/C24H20Cl2FN3O3/c25-18-9-10-22(33-15-16-5-1-3-7-20(16)26)17(13-18)14-29-30-23(31)11-12-28-24(32)19-6-2-4-8-21(19)27/h1-10,13-14H,11-12,15H2,(H,28,32)(H,30,31). The fourth-order valence-corrected chi connectivity index (χ4v) is 3.15. The van der Waals surface area contributed by atoms with Crippen molar-refractivity contribution in [2.75, 3.05) is 6.54 Å². The number of hydrogen-bond donors (Lipinski definition) is 2. The molecule has 0 aliphatic rings. The quantitative estimate of drug-likeness (QED) is 0.329. The molecule has 3 rings (SSSR count). The lowest BCUT2D eigenvalue weighted by Gasteiger charge is -2.10. The monoisotopic (exact) mass is 487 g/mol. The molecule has 3 aromatic carbocycles. The van der Waals surface area contributed by atoms with Crippen molar-refractivity contribution >= 4 is 41.2 Å². The third-order valence-corrected chi connectivity index (χ3v) is 5.07. The molecule has 2 amide bonds. The molecule has 0 aromatic heterocycles. The average molecular weight is 488 g/mol. The summed E-state index contributed by atoms with van der Waals surface area (Å²) in [6.07, 6.45) is 1.37. The molecular formula is C24H20Cl2FN3O3. The summed E-state index contributed by atoms with van der Waals surface area (Å²) in [5.41, 5.74) is 3.67. The summed E-state index contributed by atoms with van der Waals surface area (Å²) in [7, 11) is 0. The molecule has 0 saturated carbocycles. The Morgan fingerprint density at radius 2 is 1.79 bits per heavy atom. The van der Waals surface area contributed by atoms with E-state index in [1.807, 2.05) is 18.2 Å². The van der Waals surface area contributed by atoms with Gasteiger partial charge in [-0.05, 0) is 36.4 Å². The third-order valence-electron chi connectivity index (χ3n) is 4.46. The minimum atomic E-state index is -0.627. The number of carbonyl (C=O) groups is 2. The van der Waals surface area contributed by atoms with Gasteiger partial charge >= 0.3 is 0 Å². The van der Waals surface area contributed by atoms with E-state index >= 15 is 0 Å². The highest BCUT2D eigenvalue weighted by Gasteiger charge is 2.11. The van der Waals surface area contributed by atoms with Crippen molar-refractivity contribution in [2.45, 2.75) is 13.0 Å². The van der Waals surface area contributed by atoms with E-state index in [0.717, 1.165) is 5.56 Å². The lowest BCUT2D eigenvalue weighted by molar-refractivity contribution is -0.120. The third kappa shape index (κ3) is 7.30. The summed E-state index contributed by atoms with van der Waals surface area (Å²) in [6.45, 7) is 0.272. The Morgan fingerprint density at radius 1 is 1.03 bits per heavy atom. The number of nitrogens with zero attached hydrogens (tertiary/aromatic N) is 1. The minimum absolute atomic E-state index is 0.0257. The number of nitrogens with one attached hydrogen (secondary N) is 2. The van der Waals surface area contributed by atoms with Crippen molar-refractivity contribution < 1.29 is 18.7 Å². The molecule has 0 bridgehead atoms. The van der Waals surface area contributed by atoms with Crippen LogP contribution in [0, 0.1) is 5.82 Å². The molecule has 9 heteroatoms. The Balaban J connectivity index is 1.51. The van der Waals surface area contributed by atoms with Crippen LogP contribution in [0.15, 0.2) is 71.8 Å². The molecule has 6 nitrogen and oxygen atoms in total. The first kappa shape index (κ1) is 24.2. The largest absolute Gasteiger partial charge is 0.488 e. The molecule has 0 atom stereocenters. The summed E-state index contributed by atoms with van der Waals surface area (Å²) < 4.78 is 19.4. The first-order chi connectivity index (χ1) is 15.9. The predicted octanol–water partition coefficient (Wildman–Crippen LogP) is 4.98. The SMILES string of the molecule is O=C(CCNC(=O)c1ccccc1F)NN=Cc1cc(Cl)ccc1OCc1ccccc1Cl. The van der Waals surface area contributed by atoms with Crippen molar-refractivity contribution in [1.29, 1.82) is 0 Å². The van der Waals surface area contributed by atoms with Gasteiger partial charge in [0.15, 0.2) is 0 Å². The summed E-state index contributed by atoms with van der Waals surface area (Å²) in [4.78, 5) is 23.9. The highest BCUT2D eigenvalue weighted by molar-refractivity contribution is 6.31. The maximum atomic E-state index is 13.6. The van der Waals surface area contributed by atoms with Gasteiger partial charge in [-0.3, -0.25) is 9.59 Å². The first-order valence-electron chi connectivity index (χ1n) is 9.94. The lowest BCUT2D eigenvalue weighted by atomic mass is 10.2. The van der Waals surface area contributed by atoms with E-state index in [4.69, 9.17) is 27.9 Å². The molecule has 0 saturated heterocycles. The molecule has 170 valence electrons. The lowest BCUT2D eigenvalue weighted by Crippen LogP contribution is -2.29. The van der Waals surface area contributed by atoms with Crippen LogP contribution in [0.1, 0.15) is 27.9 Å². The molecule has 2 N–H and O–H groups in total. The normalized spacial score (nSPS) is 10.8. The number of hydrogen-bond acceptors (Lipinski definition) is 4. The van der Waals surface area contributed by atoms with Crippen LogP contribution in [0.5, 0.6) is 5.75 Å². The van der Waals surface area contributed by atoms with E-state index in [1.165, 1.54) is 24.4 Å². The molecule has 0 heterocycles. The molecule has 0 aliphatic carbocycles. The second kappa shape index (κ2) is 12.0. The van der Waals surface area contributed by atoms with Gasteiger partial charge < -0.3 is 10.1 Å². The van der Waals surface area contributed by atoms with Crippen LogP contribution in [0.3, 0.4) is 0 Å². The number of benzene rings is 3. The number of rotatable bonds is 9. The Morgan fingerprint density at radius 3 is 2.58 bits per heavy atom. The van der Waals surface area contributed by atoms with Gasteiger partial charge in [0.05, 0.1) is 11.8 Å². The minimum Gasteiger partial charge on any atom is -0.488 e. The zero-order valence-corrected chi connectivity index (χ0v) is 18.9. The molecule has 0 fully saturated rings. The second-order valence-corrected chi connectivity index (χ2v) is 7.68. The summed E-state index contributed by atoms with van der Waals surface area (Å²) in [5, 5.41) is 7.49. The predicted molar refractivity (Wildman–Crippen MR) is 126 cm³/mol. The van der Waals surface area contributed by atoms with Crippen molar-refractivity contribution in [3.63, 3.8) is 0 Å². The highest BCUT2D eigenvalue weighted by atomic mass is 35.5. The molecule has 33 heavy (non-hydrogen) atoms. The van der Waals surface area contributed by atoms with Crippen LogP contribution < -0.4 is 15.5 Å². The van der Waals surface area contributed by atoms with Crippen molar-refractivity contribution in [1.82, 2.24) is 10.7 Å². The van der Waals surface area contributed by atoms with Crippen molar-refractivity contribution in [3.8, 4) is 5.75 Å². The smallest absolute Gasteiger partial charge is 0.254 e. The van der Waals surface area contributed by atoms with Crippen LogP contribution in [0.25, 0.3) is 0 Å². The number of carbonyl (C=O) groups excluding carboxylic acids is 2. The van der Waals surface area contributed by atoms with Gasteiger partial charge in [-0.15, -0.1) is 0 Å². The van der Waals surface area contributed by atoms with Crippen LogP contribution in [-0.2, 0) is 11.4 Å². The van der Waals surface area contributed by atoms with E-state index < -0.39 is 17.6 Å². The van der Waals surface area contributed by atoms with Crippen LogP contribution in [-0.4, -0.2) is 24.6 Å². The zero-order chi connectivity index (χ0) is 23.6. The molecule has 0 spiro atoms. The number of ether oxygens (including phenoxy) is 1. The van der Waals surface area contributed by atoms with Gasteiger partial charge in [0.2, 0.25) is 5.91 Å². The molecule has 0 radical (unpaired) electrons. The topological polar surface area (TPSA) is 79.8 Å². The Labute approximate surface area is 200 Å². The van der Waals surface area contributed by atoms with Gasteiger partial charge in [-0.25, -0.2) is 9.82 Å². The first-order valence-corrected chi connectivity index (χ1v) is 10.7. The van der Waals surface area contributed by atoms with Gasteiger partial charge in [0, 0.05) is 34.1 Å². The van der Waals surface area contributed by atoms with E-state index in [-0.39, 0.29) is 25.1 Å². The van der Waals surface area contributed by atoms with E-state index in [1.54, 1.807) is 30.3 Å². The number of amides is 2. The number of hydrazone groups is 1. The van der Waals surface area contributed by atoms with Gasteiger partial charge in [0.25, 0.3) is 5.91 Å². The average Bonchev–Trinajstić information content (AvgIpc) is 2.79. The summed E-state index contributed by atoms with van der Waals surface area (Å²) in [5.74, 6) is -1.14. The second-order valence-electron chi connectivity index (χ2n) is 6.84. The highest BCUT2D eigenvalue weighted by Crippen LogP contribution is 2.24. The molecule has 0 unspecified atom stereocenters. The molecule has 0 aliphatic heterocycles. The Kier molecular flexibility index (Phi) is 8.80. The van der Waals surface area contributed by atoms with Crippen molar-refractivity contribution in [3.05, 3.63) is 99.3 Å². The van der Waals surface area contributed by atoms with Crippen LogP contribution in [0.2, 0.25) is 10.0 Å². The molecule has 3 aromatic rings. The van der Waals surface area contributed by atoms with Gasteiger partial charge in [-0.2, -0.15) is 5.10 Å². The zero-order valence-electron chi connectivity index (χ0n) is 17.4. The fraction of sp³-hybridized carbons (Fsp3) is 0.125. The van der Waals surface area contributed by atoms with E-state index in [0.29, 0.717) is 21.4 Å². The van der Waals surface area contributed by atoms with Gasteiger partial charge in [-0.1, -0.05) is 53.5 Å².